The lowest BCUT2D eigenvalue weighted by Crippen LogP contribution is -2.13. The molecule has 0 heterocycles. The number of anilines is 1. The van der Waals surface area contributed by atoms with Crippen LogP contribution in [-0.4, -0.2) is 26.6 Å². The van der Waals surface area contributed by atoms with Crippen LogP contribution in [0.3, 0.4) is 0 Å². The summed E-state index contributed by atoms with van der Waals surface area (Å²) in [6.07, 6.45) is 2.36. The van der Waals surface area contributed by atoms with Gasteiger partial charge in [-0.3, -0.25) is 4.72 Å². The largest absolute Gasteiger partial charge is 0.495 e. The summed E-state index contributed by atoms with van der Waals surface area (Å²) in [5.74, 6) is -0.656. The summed E-state index contributed by atoms with van der Waals surface area (Å²) in [7, 11) is -2.31. The number of hydrogen-bond acceptors (Lipinski definition) is 4. The summed E-state index contributed by atoms with van der Waals surface area (Å²) in [6.45, 7) is 0. The van der Waals surface area contributed by atoms with E-state index in [1.54, 1.807) is 24.3 Å². The van der Waals surface area contributed by atoms with Gasteiger partial charge in [-0.15, -0.1) is 0 Å². The molecule has 2 N–H and O–H groups in total. The molecular weight excluding hydrogens is 318 g/mol. The van der Waals surface area contributed by atoms with Gasteiger partial charge in [0, 0.05) is 6.08 Å². The number of aliphatic carboxylic acids is 1. The molecule has 7 heteroatoms. The highest BCUT2D eigenvalue weighted by molar-refractivity contribution is 7.92. The second-order valence-corrected chi connectivity index (χ2v) is 6.23. The van der Waals surface area contributed by atoms with E-state index in [4.69, 9.17) is 9.84 Å². The number of carboxylic acid groups (broad SMARTS) is 1. The Morgan fingerprint density at radius 1 is 1.13 bits per heavy atom. The molecule has 2 rings (SSSR count). The van der Waals surface area contributed by atoms with Crippen LogP contribution >= 0.6 is 0 Å². The Balaban J connectivity index is 2.24. The zero-order valence-electron chi connectivity index (χ0n) is 12.3. The van der Waals surface area contributed by atoms with Crippen LogP contribution in [0.4, 0.5) is 5.69 Å². The number of sulfonamides is 1. The van der Waals surface area contributed by atoms with E-state index in [9.17, 15) is 13.2 Å². The number of carbonyl (C=O) groups is 1. The van der Waals surface area contributed by atoms with Crippen molar-refractivity contribution in [3.63, 3.8) is 0 Å². The molecule has 0 aromatic heterocycles. The zero-order chi connectivity index (χ0) is 16.9. The smallest absolute Gasteiger partial charge is 0.328 e. The van der Waals surface area contributed by atoms with Crippen molar-refractivity contribution >= 4 is 27.8 Å². The van der Waals surface area contributed by atoms with Gasteiger partial charge in [-0.1, -0.05) is 24.3 Å². The highest BCUT2D eigenvalue weighted by Crippen LogP contribution is 2.26. The second-order valence-electron chi connectivity index (χ2n) is 4.55. The van der Waals surface area contributed by atoms with Crippen LogP contribution in [-0.2, 0) is 14.8 Å². The molecule has 0 radical (unpaired) electrons. The number of nitrogens with one attached hydrogen (secondary N) is 1. The van der Waals surface area contributed by atoms with Crippen LogP contribution in [0.5, 0.6) is 5.75 Å². The molecule has 0 bridgehead atoms. The SMILES string of the molecule is COc1ccccc1NS(=O)(=O)c1ccc(/C=C/C(=O)O)cc1. The van der Waals surface area contributed by atoms with Gasteiger partial charge in [0.05, 0.1) is 17.7 Å². The van der Waals surface area contributed by atoms with Crippen molar-refractivity contribution in [2.75, 3.05) is 11.8 Å². The Morgan fingerprint density at radius 2 is 1.78 bits per heavy atom. The monoisotopic (exact) mass is 333 g/mol. The number of ether oxygens (including phenoxy) is 1. The Labute approximate surface area is 134 Å². The predicted molar refractivity (Wildman–Crippen MR) is 86.9 cm³/mol. The van der Waals surface area contributed by atoms with E-state index in [1.165, 1.54) is 37.5 Å². The second kappa shape index (κ2) is 6.97. The van der Waals surface area contributed by atoms with Gasteiger partial charge in [0.15, 0.2) is 0 Å². The van der Waals surface area contributed by atoms with Crippen molar-refractivity contribution in [1.82, 2.24) is 0 Å². The van der Waals surface area contributed by atoms with Gasteiger partial charge >= 0.3 is 5.97 Å². The number of benzene rings is 2. The molecule has 0 unspecified atom stereocenters. The highest BCUT2D eigenvalue weighted by Gasteiger charge is 2.15. The van der Waals surface area contributed by atoms with Gasteiger partial charge in [0.1, 0.15) is 5.75 Å². The molecule has 0 atom stereocenters. The highest BCUT2D eigenvalue weighted by atomic mass is 32.2. The Bertz CT molecular complexity index is 826. The molecule has 0 saturated carbocycles. The first-order valence-corrected chi connectivity index (χ1v) is 8.07. The van der Waals surface area contributed by atoms with Crippen molar-refractivity contribution in [2.45, 2.75) is 4.90 Å². The van der Waals surface area contributed by atoms with Crippen LogP contribution in [0.15, 0.2) is 59.5 Å². The maximum absolute atomic E-state index is 12.4. The molecule has 6 nitrogen and oxygen atoms in total. The molecule has 0 aliphatic heterocycles. The molecule has 0 saturated heterocycles. The lowest BCUT2D eigenvalue weighted by molar-refractivity contribution is -0.131. The molecule has 0 aliphatic rings. The van der Waals surface area contributed by atoms with Gasteiger partial charge in [-0.2, -0.15) is 0 Å². The minimum Gasteiger partial charge on any atom is -0.495 e. The molecule has 23 heavy (non-hydrogen) atoms. The third-order valence-corrected chi connectivity index (χ3v) is 4.34. The van der Waals surface area contributed by atoms with Gasteiger partial charge in [0.2, 0.25) is 0 Å². The number of carboxylic acids is 1. The fourth-order valence-corrected chi connectivity index (χ4v) is 2.93. The summed E-state index contributed by atoms with van der Waals surface area (Å²) in [5, 5.41) is 8.57. The van der Waals surface area contributed by atoms with E-state index < -0.39 is 16.0 Å². The molecule has 0 aliphatic carbocycles. The summed E-state index contributed by atoms with van der Waals surface area (Å²) in [4.78, 5) is 10.5. The van der Waals surface area contributed by atoms with Crippen LogP contribution in [0.1, 0.15) is 5.56 Å². The standard InChI is InChI=1S/C16H15NO5S/c1-22-15-5-3-2-4-14(15)17-23(20,21)13-9-6-12(7-10-13)8-11-16(18)19/h2-11,17H,1H3,(H,18,19)/b11-8+. The van der Waals surface area contributed by atoms with E-state index in [0.29, 0.717) is 17.0 Å². The predicted octanol–water partition coefficient (Wildman–Crippen LogP) is 2.59. The molecule has 2 aromatic carbocycles. The van der Waals surface area contributed by atoms with Crippen molar-refractivity contribution in [1.29, 1.82) is 0 Å². The number of methoxy groups -OCH3 is 1. The number of rotatable bonds is 6. The third-order valence-electron chi connectivity index (χ3n) is 2.96. The minimum atomic E-state index is -3.76. The molecule has 2 aromatic rings. The fourth-order valence-electron chi connectivity index (χ4n) is 1.86. The van der Waals surface area contributed by atoms with Gasteiger partial charge in [0.25, 0.3) is 10.0 Å². The average molecular weight is 333 g/mol. The normalized spacial score (nSPS) is 11.3. The zero-order valence-corrected chi connectivity index (χ0v) is 13.1. The quantitative estimate of drug-likeness (QED) is 0.793. The van der Waals surface area contributed by atoms with Crippen LogP contribution in [0.25, 0.3) is 6.08 Å². The Hall–Kier alpha value is -2.80. The van der Waals surface area contributed by atoms with Crippen LogP contribution < -0.4 is 9.46 Å². The molecular formula is C16H15NO5S. The van der Waals surface area contributed by atoms with E-state index >= 15 is 0 Å². The summed E-state index contributed by atoms with van der Waals surface area (Å²) >= 11 is 0. The van der Waals surface area contributed by atoms with E-state index in [0.717, 1.165) is 6.08 Å². The van der Waals surface area contributed by atoms with Crippen molar-refractivity contribution in [3.8, 4) is 5.75 Å². The van der Waals surface area contributed by atoms with Gasteiger partial charge in [-0.05, 0) is 35.9 Å². The van der Waals surface area contributed by atoms with Crippen LogP contribution in [0.2, 0.25) is 0 Å². The van der Waals surface area contributed by atoms with Crippen LogP contribution in [0, 0.1) is 0 Å². The molecule has 0 spiro atoms. The first-order chi connectivity index (χ1) is 10.9. The minimum absolute atomic E-state index is 0.0656. The summed E-state index contributed by atoms with van der Waals surface area (Å²) < 4.78 is 32.3. The van der Waals surface area contributed by atoms with Crippen molar-refractivity contribution in [3.05, 3.63) is 60.2 Å². The van der Waals surface area contributed by atoms with E-state index in [-0.39, 0.29) is 4.90 Å². The van der Waals surface area contributed by atoms with E-state index in [1.807, 2.05) is 0 Å². The number of hydrogen-bond donors (Lipinski definition) is 2. The van der Waals surface area contributed by atoms with E-state index in [2.05, 4.69) is 4.72 Å². The van der Waals surface area contributed by atoms with Crippen molar-refractivity contribution in [2.24, 2.45) is 0 Å². The maximum atomic E-state index is 12.4. The fraction of sp³-hybridized carbons (Fsp3) is 0.0625. The Morgan fingerprint density at radius 3 is 2.39 bits per heavy atom. The lowest BCUT2D eigenvalue weighted by Gasteiger charge is -2.11. The first kappa shape index (κ1) is 16.6. The molecule has 0 amide bonds. The first-order valence-electron chi connectivity index (χ1n) is 6.59. The molecule has 0 fully saturated rings. The maximum Gasteiger partial charge on any atom is 0.328 e. The Kier molecular flexibility index (Phi) is 5.02. The summed E-state index contributed by atoms with van der Waals surface area (Å²) in [5.41, 5.74) is 0.925. The van der Waals surface area contributed by atoms with Gasteiger partial charge < -0.3 is 9.84 Å². The van der Waals surface area contributed by atoms with Gasteiger partial charge in [-0.25, -0.2) is 13.2 Å². The number of para-hydroxylation sites is 2. The summed E-state index contributed by atoms with van der Waals surface area (Å²) in [6, 6.07) is 12.5. The van der Waals surface area contributed by atoms with Crippen molar-refractivity contribution < 1.29 is 23.1 Å². The lowest BCUT2D eigenvalue weighted by atomic mass is 10.2. The average Bonchev–Trinajstić information content (AvgIpc) is 2.53. The molecule has 120 valence electrons. The third kappa shape index (κ3) is 4.33. The topological polar surface area (TPSA) is 92.7 Å².